The van der Waals surface area contributed by atoms with E-state index in [0.29, 0.717) is 37.2 Å². The van der Waals surface area contributed by atoms with Crippen LogP contribution < -0.4 is 24.8 Å². The highest BCUT2D eigenvalue weighted by Gasteiger charge is 2.07. The highest BCUT2D eigenvalue weighted by Crippen LogP contribution is 2.30. The summed E-state index contributed by atoms with van der Waals surface area (Å²) >= 11 is 0. The van der Waals surface area contributed by atoms with E-state index >= 15 is 0 Å². The number of hydrogen-bond acceptors (Lipinski definition) is 4. The summed E-state index contributed by atoms with van der Waals surface area (Å²) in [6.07, 6.45) is 0. The number of nitrogens with zero attached hydrogens (tertiary/aromatic N) is 1. The number of hydrogen-bond donors (Lipinski definition) is 2. The number of ether oxygens (including phenoxy) is 3. The Balaban J connectivity index is 0.00000364. The number of aliphatic imine (C=N–C) groups is 1. The van der Waals surface area contributed by atoms with Gasteiger partial charge < -0.3 is 24.8 Å². The normalized spacial score (nSPS) is 10.6. The number of rotatable bonds is 8. The van der Waals surface area contributed by atoms with Crippen LogP contribution in [-0.2, 0) is 0 Å². The molecule has 0 saturated carbocycles. The van der Waals surface area contributed by atoms with E-state index < -0.39 is 0 Å². The van der Waals surface area contributed by atoms with E-state index in [1.165, 1.54) is 5.56 Å². The summed E-state index contributed by atoms with van der Waals surface area (Å²) < 4.78 is 16.6. The van der Waals surface area contributed by atoms with Gasteiger partial charge in [-0.25, -0.2) is 0 Å². The van der Waals surface area contributed by atoms with E-state index in [1.54, 1.807) is 14.2 Å². The average molecular weight is 485 g/mol. The minimum Gasteiger partial charge on any atom is -0.493 e. The highest BCUT2D eigenvalue weighted by atomic mass is 127. The summed E-state index contributed by atoms with van der Waals surface area (Å²) in [5.74, 6) is 2.91. The zero-order chi connectivity index (χ0) is 18.8. The molecule has 2 aromatic rings. The van der Waals surface area contributed by atoms with Gasteiger partial charge in [-0.3, -0.25) is 4.99 Å². The molecular formula is C20H28IN3O3. The highest BCUT2D eigenvalue weighted by molar-refractivity contribution is 14.0. The Bertz CT molecular complexity index is 721. The standard InChI is InChI=1S/C20H27N3O3.HI/c1-5-25-19-14-16(8-11-18(19)24-4)23-20(21-3)22-12-13-26-17-9-6-15(2)7-10-17;/h6-11,14H,5,12-13H2,1-4H3,(H2,21,22,23);1H. The minimum absolute atomic E-state index is 0. The van der Waals surface area contributed by atoms with E-state index in [4.69, 9.17) is 14.2 Å². The lowest BCUT2D eigenvalue weighted by Crippen LogP contribution is -2.33. The van der Waals surface area contributed by atoms with Crippen molar-refractivity contribution >= 4 is 35.6 Å². The number of aryl methyl sites for hydroxylation is 1. The van der Waals surface area contributed by atoms with Gasteiger partial charge in [0.25, 0.3) is 0 Å². The van der Waals surface area contributed by atoms with Crippen LogP contribution in [0.4, 0.5) is 5.69 Å². The molecule has 0 spiro atoms. The molecule has 0 saturated heterocycles. The van der Waals surface area contributed by atoms with Crippen LogP contribution >= 0.6 is 24.0 Å². The van der Waals surface area contributed by atoms with Gasteiger partial charge in [-0.15, -0.1) is 24.0 Å². The fraction of sp³-hybridized carbons (Fsp3) is 0.350. The molecule has 0 aliphatic rings. The Labute approximate surface area is 178 Å². The zero-order valence-corrected chi connectivity index (χ0v) is 18.6. The Morgan fingerprint density at radius 1 is 1.04 bits per heavy atom. The number of halogens is 1. The Hall–Kier alpha value is -2.16. The van der Waals surface area contributed by atoms with E-state index in [1.807, 2.05) is 49.4 Å². The lowest BCUT2D eigenvalue weighted by molar-refractivity contribution is 0.311. The lowest BCUT2D eigenvalue weighted by atomic mass is 10.2. The zero-order valence-electron chi connectivity index (χ0n) is 16.2. The van der Waals surface area contributed by atoms with E-state index in [-0.39, 0.29) is 24.0 Å². The van der Waals surface area contributed by atoms with Crippen molar-refractivity contribution in [3.8, 4) is 17.2 Å². The third-order valence-corrected chi connectivity index (χ3v) is 3.63. The molecule has 0 heterocycles. The number of benzene rings is 2. The van der Waals surface area contributed by atoms with Gasteiger partial charge in [0.05, 0.1) is 20.3 Å². The number of guanidine groups is 1. The maximum atomic E-state index is 5.71. The number of anilines is 1. The third-order valence-electron chi connectivity index (χ3n) is 3.63. The second-order valence-electron chi connectivity index (χ2n) is 5.58. The van der Waals surface area contributed by atoms with Gasteiger partial charge in [0.15, 0.2) is 17.5 Å². The van der Waals surface area contributed by atoms with Gasteiger partial charge in [-0.05, 0) is 38.1 Å². The Kier molecular flexibility index (Phi) is 10.4. The average Bonchev–Trinajstić information content (AvgIpc) is 2.66. The van der Waals surface area contributed by atoms with Gasteiger partial charge in [0, 0.05) is 18.8 Å². The molecule has 0 amide bonds. The predicted octanol–water partition coefficient (Wildman–Crippen LogP) is 4.09. The maximum Gasteiger partial charge on any atom is 0.195 e. The van der Waals surface area contributed by atoms with Crippen molar-refractivity contribution < 1.29 is 14.2 Å². The van der Waals surface area contributed by atoms with E-state index in [9.17, 15) is 0 Å². The Morgan fingerprint density at radius 2 is 1.78 bits per heavy atom. The molecule has 2 N–H and O–H groups in total. The molecular weight excluding hydrogens is 457 g/mol. The maximum absolute atomic E-state index is 5.71. The summed E-state index contributed by atoms with van der Waals surface area (Å²) in [6.45, 7) is 5.73. The van der Waals surface area contributed by atoms with Crippen LogP contribution in [-0.4, -0.2) is 39.9 Å². The molecule has 148 valence electrons. The first-order valence-corrected chi connectivity index (χ1v) is 8.64. The molecule has 0 atom stereocenters. The molecule has 2 aromatic carbocycles. The second kappa shape index (κ2) is 12.3. The second-order valence-corrected chi connectivity index (χ2v) is 5.58. The SMILES string of the molecule is CCOc1cc(NC(=NC)NCCOc2ccc(C)cc2)ccc1OC.I. The first kappa shape index (κ1) is 22.9. The quantitative estimate of drug-likeness (QED) is 0.255. The molecule has 0 aliphatic heterocycles. The molecule has 0 bridgehead atoms. The fourth-order valence-corrected chi connectivity index (χ4v) is 2.31. The summed E-state index contributed by atoms with van der Waals surface area (Å²) in [5.41, 5.74) is 2.08. The van der Waals surface area contributed by atoms with Crippen LogP contribution in [0.1, 0.15) is 12.5 Å². The van der Waals surface area contributed by atoms with Crippen LogP contribution in [0.2, 0.25) is 0 Å². The van der Waals surface area contributed by atoms with Crippen LogP contribution in [0.3, 0.4) is 0 Å². The van der Waals surface area contributed by atoms with Gasteiger partial charge in [-0.2, -0.15) is 0 Å². The van der Waals surface area contributed by atoms with Crippen LogP contribution in [0.15, 0.2) is 47.5 Å². The van der Waals surface area contributed by atoms with Crippen LogP contribution in [0.5, 0.6) is 17.2 Å². The number of nitrogens with one attached hydrogen (secondary N) is 2. The molecule has 0 radical (unpaired) electrons. The molecule has 0 aromatic heterocycles. The van der Waals surface area contributed by atoms with Gasteiger partial charge in [0.2, 0.25) is 0 Å². The minimum atomic E-state index is 0. The van der Waals surface area contributed by atoms with Crippen molar-refractivity contribution in [1.29, 1.82) is 0 Å². The smallest absolute Gasteiger partial charge is 0.195 e. The van der Waals surface area contributed by atoms with Crippen LogP contribution in [0, 0.1) is 6.92 Å². The summed E-state index contributed by atoms with van der Waals surface area (Å²) in [5, 5.41) is 6.45. The number of methoxy groups -OCH3 is 1. The van der Waals surface area contributed by atoms with Gasteiger partial charge in [0.1, 0.15) is 12.4 Å². The van der Waals surface area contributed by atoms with Crippen molar-refractivity contribution in [2.75, 3.05) is 39.2 Å². The van der Waals surface area contributed by atoms with Gasteiger partial charge in [-0.1, -0.05) is 17.7 Å². The fourth-order valence-electron chi connectivity index (χ4n) is 2.31. The molecule has 2 rings (SSSR count). The van der Waals surface area contributed by atoms with E-state index in [2.05, 4.69) is 22.5 Å². The summed E-state index contributed by atoms with van der Waals surface area (Å²) in [4.78, 5) is 4.22. The third kappa shape index (κ3) is 7.54. The largest absolute Gasteiger partial charge is 0.493 e. The topological polar surface area (TPSA) is 64.1 Å². The van der Waals surface area contributed by atoms with Crippen molar-refractivity contribution in [3.63, 3.8) is 0 Å². The molecule has 6 nitrogen and oxygen atoms in total. The first-order valence-electron chi connectivity index (χ1n) is 8.64. The van der Waals surface area contributed by atoms with Crippen molar-refractivity contribution in [3.05, 3.63) is 48.0 Å². The molecule has 27 heavy (non-hydrogen) atoms. The monoisotopic (exact) mass is 485 g/mol. The van der Waals surface area contributed by atoms with Crippen molar-refractivity contribution in [1.82, 2.24) is 5.32 Å². The van der Waals surface area contributed by atoms with Gasteiger partial charge >= 0.3 is 0 Å². The summed E-state index contributed by atoms with van der Waals surface area (Å²) in [7, 11) is 3.35. The Morgan fingerprint density at radius 3 is 2.41 bits per heavy atom. The predicted molar refractivity (Wildman–Crippen MR) is 121 cm³/mol. The molecule has 7 heteroatoms. The molecule has 0 unspecified atom stereocenters. The van der Waals surface area contributed by atoms with Crippen molar-refractivity contribution in [2.45, 2.75) is 13.8 Å². The van der Waals surface area contributed by atoms with Crippen LogP contribution in [0.25, 0.3) is 0 Å². The molecule has 0 fully saturated rings. The van der Waals surface area contributed by atoms with Crippen molar-refractivity contribution in [2.24, 2.45) is 4.99 Å². The summed E-state index contributed by atoms with van der Waals surface area (Å²) in [6, 6.07) is 13.7. The van der Waals surface area contributed by atoms with E-state index in [0.717, 1.165) is 11.4 Å². The molecule has 0 aliphatic carbocycles. The lowest BCUT2D eigenvalue weighted by Gasteiger charge is -2.15. The first-order chi connectivity index (χ1) is 12.7.